The largest absolute Gasteiger partial charge is 0.489 e. The van der Waals surface area contributed by atoms with E-state index in [1.165, 1.54) is 24.5 Å². The normalized spacial score (nSPS) is 13.0. The summed E-state index contributed by atoms with van der Waals surface area (Å²) in [7, 11) is 0. The number of halogens is 2. The molecule has 2 heterocycles. The summed E-state index contributed by atoms with van der Waals surface area (Å²) in [6.07, 6.45) is 6.44. The van der Waals surface area contributed by atoms with E-state index in [4.69, 9.17) is 41.8 Å². The van der Waals surface area contributed by atoms with Crippen LogP contribution in [0.3, 0.4) is 0 Å². The van der Waals surface area contributed by atoms with Gasteiger partial charge in [-0.3, -0.25) is 19.2 Å². The number of aromatic nitrogens is 2. The standard InChI is InChI=1S/C33H31ClFN5O10/c1-3-11-47-21(17-46-12-9-31(44)48-13-10-32(45)50-40-29(42)7-8-30(40)43)18-49-27-16-25-22(15-26(27)39-28(41)4-2)33(37-19-36-25)38-20-5-6-24(35)23(34)14-20/h1,4-6,14-16,19,21H,2,7-13,17-18H2,(H,39,41)(H,36,37,38)/t21-/m1/s1. The SMILES string of the molecule is C#CCO[C@H](COCCC(=O)OCCC(=O)ON1C(=O)CCC1=O)COc1cc2ncnc(Nc3ccc(F)c(Cl)c3)c2cc1NC(=O)C=C. The van der Waals surface area contributed by atoms with Crippen LogP contribution in [0, 0.1) is 18.2 Å². The Morgan fingerprint density at radius 2 is 1.84 bits per heavy atom. The maximum atomic E-state index is 13.7. The first kappa shape index (κ1) is 37.2. The molecule has 4 rings (SSSR count). The van der Waals surface area contributed by atoms with Crippen LogP contribution in [0.5, 0.6) is 5.75 Å². The number of fused-ring (bicyclic) bond motifs is 1. The fraction of sp³-hybridized carbons (Fsp3) is 0.303. The van der Waals surface area contributed by atoms with Crippen molar-refractivity contribution in [2.75, 3.05) is 43.7 Å². The fourth-order valence-electron chi connectivity index (χ4n) is 4.28. The Morgan fingerprint density at radius 3 is 2.56 bits per heavy atom. The maximum Gasteiger partial charge on any atom is 0.336 e. The minimum atomic E-state index is -0.898. The molecule has 17 heteroatoms. The van der Waals surface area contributed by atoms with Gasteiger partial charge in [0, 0.05) is 30.0 Å². The summed E-state index contributed by atoms with van der Waals surface area (Å²) in [5, 5.41) is 6.57. The first-order valence-corrected chi connectivity index (χ1v) is 15.4. The van der Waals surface area contributed by atoms with Gasteiger partial charge in [-0.2, -0.15) is 0 Å². The Labute approximate surface area is 290 Å². The lowest BCUT2D eigenvalue weighted by molar-refractivity contribution is -0.198. The van der Waals surface area contributed by atoms with Crippen molar-refractivity contribution in [2.45, 2.75) is 31.8 Å². The molecule has 2 aromatic carbocycles. The van der Waals surface area contributed by atoms with Crippen LogP contribution in [0.1, 0.15) is 25.7 Å². The number of amides is 3. The summed E-state index contributed by atoms with van der Waals surface area (Å²) in [6, 6.07) is 7.25. The van der Waals surface area contributed by atoms with Crippen molar-refractivity contribution in [1.29, 1.82) is 0 Å². The van der Waals surface area contributed by atoms with Gasteiger partial charge in [-0.25, -0.2) is 19.2 Å². The Balaban J connectivity index is 1.33. The number of carbonyl (C=O) groups excluding carboxylic acids is 5. The zero-order valence-electron chi connectivity index (χ0n) is 26.4. The van der Waals surface area contributed by atoms with Gasteiger partial charge in [0.2, 0.25) is 5.91 Å². The van der Waals surface area contributed by atoms with Gasteiger partial charge in [0.1, 0.15) is 49.6 Å². The molecule has 262 valence electrons. The van der Waals surface area contributed by atoms with E-state index in [1.807, 2.05) is 0 Å². The molecule has 0 aliphatic carbocycles. The molecule has 0 bridgehead atoms. The van der Waals surface area contributed by atoms with Crippen molar-refractivity contribution >= 4 is 69.4 Å². The third kappa shape index (κ3) is 10.7. The van der Waals surface area contributed by atoms with E-state index >= 15 is 0 Å². The third-order valence-electron chi connectivity index (χ3n) is 6.71. The van der Waals surface area contributed by atoms with Gasteiger partial charge < -0.3 is 34.4 Å². The number of terminal acetylenes is 1. The van der Waals surface area contributed by atoms with E-state index < -0.39 is 41.6 Å². The van der Waals surface area contributed by atoms with Crippen molar-refractivity contribution in [1.82, 2.24) is 15.0 Å². The molecule has 1 saturated heterocycles. The lowest BCUT2D eigenvalue weighted by Gasteiger charge is -2.20. The minimum absolute atomic E-state index is 0.0356. The lowest BCUT2D eigenvalue weighted by Crippen LogP contribution is -2.32. The Morgan fingerprint density at radius 1 is 1.08 bits per heavy atom. The first-order chi connectivity index (χ1) is 24.1. The molecular formula is C33H31ClFN5O10. The number of carbonyl (C=O) groups is 5. The molecule has 2 N–H and O–H groups in total. The molecule has 50 heavy (non-hydrogen) atoms. The zero-order valence-corrected chi connectivity index (χ0v) is 27.2. The molecule has 1 aliphatic heterocycles. The van der Waals surface area contributed by atoms with Crippen LogP contribution in [0.4, 0.5) is 21.6 Å². The molecule has 1 atom stereocenters. The Bertz CT molecular complexity index is 1800. The maximum absolute atomic E-state index is 13.7. The summed E-state index contributed by atoms with van der Waals surface area (Å²) in [5.41, 5.74) is 1.15. The highest BCUT2D eigenvalue weighted by Gasteiger charge is 2.32. The monoisotopic (exact) mass is 711 g/mol. The van der Waals surface area contributed by atoms with Gasteiger partial charge in [0.25, 0.3) is 11.8 Å². The van der Waals surface area contributed by atoms with Gasteiger partial charge in [-0.15, -0.1) is 11.5 Å². The topological polar surface area (TPSA) is 185 Å². The summed E-state index contributed by atoms with van der Waals surface area (Å²) >= 11 is 5.92. The van der Waals surface area contributed by atoms with Crippen molar-refractivity contribution in [2.24, 2.45) is 0 Å². The summed E-state index contributed by atoms with van der Waals surface area (Å²) < 4.78 is 35.9. The second-order valence-corrected chi connectivity index (χ2v) is 10.7. The van der Waals surface area contributed by atoms with E-state index in [0.29, 0.717) is 27.5 Å². The van der Waals surface area contributed by atoms with E-state index in [2.05, 4.69) is 33.1 Å². The summed E-state index contributed by atoms with van der Waals surface area (Å²) in [5.74, 6) is -0.968. The Hall–Kier alpha value is -5.63. The lowest BCUT2D eigenvalue weighted by atomic mass is 10.1. The summed E-state index contributed by atoms with van der Waals surface area (Å²) in [4.78, 5) is 72.5. The average Bonchev–Trinajstić information content (AvgIpc) is 3.41. The van der Waals surface area contributed by atoms with E-state index in [0.717, 1.165) is 6.08 Å². The quantitative estimate of drug-likeness (QED) is 0.0642. The highest BCUT2D eigenvalue weighted by Crippen LogP contribution is 2.34. The van der Waals surface area contributed by atoms with E-state index in [-0.39, 0.29) is 75.2 Å². The molecule has 0 radical (unpaired) electrons. The van der Waals surface area contributed by atoms with Crippen molar-refractivity contribution in [3.05, 3.63) is 60.2 Å². The van der Waals surface area contributed by atoms with E-state index in [9.17, 15) is 28.4 Å². The highest BCUT2D eigenvalue weighted by atomic mass is 35.5. The second kappa shape index (κ2) is 18.2. The average molecular weight is 712 g/mol. The number of imide groups is 1. The highest BCUT2D eigenvalue weighted by molar-refractivity contribution is 6.31. The minimum Gasteiger partial charge on any atom is -0.489 e. The van der Waals surface area contributed by atoms with Gasteiger partial charge >= 0.3 is 11.9 Å². The van der Waals surface area contributed by atoms with Crippen molar-refractivity contribution < 1.29 is 52.1 Å². The van der Waals surface area contributed by atoms with Crippen LogP contribution in [0.15, 0.2) is 49.3 Å². The van der Waals surface area contributed by atoms with Crippen molar-refractivity contribution in [3.8, 4) is 18.1 Å². The van der Waals surface area contributed by atoms with E-state index in [1.54, 1.807) is 12.1 Å². The van der Waals surface area contributed by atoms with Crippen molar-refractivity contribution in [3.63, 3.8) is 0 Å². The van der Waals surface area contributed by atoms with Crippen LogP contribution < -0.4 is 15.4 Å². The van der Waals surface area contributed by atoms with Crippen LogP contribution in [-0.4, -0.2) is 83.8 Å². The van der Waals surface area contributed by atoms with Gasteiger partial charge in [-0.1, -0.05) is 24.1 Å². The van der Waals surface area contributed by atoms with Gasteiger partial charge in [0.05, 0.1) is 42.3 Å². The third-order valence-corrected chi connectivity index (χ3v) is 7.00. The molecule has 0 spiro atoms. The number of ether oxygens (including phenoxy) is 4. The molecule has 0 unspecified atom stereocenters. The molecule has 3 amide bonds. The predicted molar refractivity (Wildman–Crippen MR) is 175 cm³/mol. The number of anilines is 3. The summed E-state index contributed by atoms with van der Waals surface area (Å²) in [6.45, 7) is 2.88. The number of hydroxylamine groups is 2. The predicted octanol–water partition coefficient (Wildman–Crippen LogP) is 3.63. The smallest absolute Gasteiger partial charge is 0.336 e. The Kier molecular flexibility index (Phi) is 13.6. The first-order valence-electron chi connectivity index (χ1n) is 15.0. The second-order valence-electron chi connectivity index (χ2n) is 10.3. The number of nitrogens with one attached hydrogen (secondary N) is 2. The molecule has 15 nitrogen and oxygen atoms in total. The number of esters is 1. The number of nitrogens with zero attached hydrogens (tertiary/aromatic N) is 3. The molecular weight excluding hydrogens is 681 g/mol. The molecule has 1 fully saturated rings. The molecule has 3 aromatic rings. The number of hydrogen-bond donors (Lipinski definition) is 2. The number of rotatable bonds is 18. The van der Waals surface area contributed by atoms with Gasteiger partial charge in [0.15, 0.2) is 0 Å². The van der Waals surface area contributed by atoms with Crippen LogP contribution in [0.2, 0.25) is 5.02 Å². The van der Waals surface area contributed by atoms with Crippen LogP contribution in [-0.2, 0) is 43.0 Å². The zero-order chi connectivity index (χ0) is 36.0. The molecule has 1 aromatic heterocycles. The fourth-order valence-corrected chi connectivity index (χ4v) is 4.46. The number of hydrogen-bond acceptors (Lipinski definition) is 13. The number of benzene rings is 2. The van der Waals surface area contributed by atoms with Crippen LogP contribution in [0.25, 0.3) is 10.9 Å². The van der Waals surface area contributed by atoms with Gasteiger partial charge in [-0.05, 0) is 30.3 Å². The molecule has 0 saturated carbocycles. The molecule has 1 aliphatic rings. The van der Waals surface area contributed by atoms with Crippen LogP contribution >= 0.6 is 11.6 Å².